The van der Waals surface area contributed by atoms with E-state index in [1.165, 1.54) is 0 Å². The largest absolute Gasteiger partial charge is 0.492 e. The molecule has 2 aromatic rings. The Morgan fingerprint density at radius 1 is 1.25 bits per heavy atom. The number of piperidine rings is 1. The van der Waals surface area contributed by atoms with Gasteiger partial charge in [-0.1, -0.05) is 18.2 Å². The number of rotatable bonds is 4. The number of benzene rings is 2. The Bertz CT molecular complexity index is 856. The number of amides is 2. The summed E-state index contributed by atoms with van der Waals surface area (Å²) in [5, 5.41) is 13.6. The highest BCUT2D eigenvalue weighted by Gasteiger charge is 2.32. The second-order valence-corrected chi connectivity index (χ2v) is 6.88. The number of anilines is 1. The van der Waals surface area contributed by atoms with Crippen molar-refractivity contribution in [2.75, 3.05) is 31.8 Å². The van der Waals surface area contributed by atoms with E-state index in [0.29, 0.717) is 36.8 Å². The van der Waals surface area contributed by atoms with Crippen LogP contribution in [0.25, 0.3) is 0 Å². The maximum absolute atomic E-state index is 12.7. The van der Waals surface area contributed by atoms with E-state index in [1.807, 2.05) is 43.3 Å². The topological polar surface area (TPSA) is 80.3 Å². The lowest BCUT2D eigenvalue weighted by Gasteiger charge is -2.36. The van der Waals surface area contributed by atoms with Gasteiger partial charge in [0.1, 0.15) is 5.75 Å². The lowest BCUT2D eigenvalue weighted by molar-refractivity contribution is 0.0687. The van der Waals surface area contributed by atoms with E-state index in [-0.39, 0.29) is 25.3 Å². The third-order valence-electron chi connectivity index (χ3n) is 5.12. The zero-order valence-electron chi connectivity index (χ0n) is 15.8. The van der Waals surface area contributed by atoms with Crippen LogP contribution in [0.3, 0.4) is 0 Å². The SMILES string of the molecule is CCOc1ccccc1NC(=O)N1CC[C@@H](c2ccc3c(c2)OCO3)[C@H](O)C1. The molecule has 2 aliphatic rings. The van der Waals surface area contributed by atoms with E-state index in [0.717, 1.165) is 11.3 Å². The number of urea groups is 1. The number of hydrogen-bond donors (Lipinski definition) is 2. The molecule has 0 unspecified atom stereocenters. The fourth-order valence-electron chi connectivity index (χ4n) is 3.69. The van der Waals surface area contributed by atoms with E-state index >= 15 is 0 Å². The molecule has 148 valence electrons. The molecule has 0 aromatic heterocycles. The molecule has 7 heteroatoms. The molecular formula is C21H24N2O5. The number of aliphatic hydroxyl groups is 1. The van der Waals surface area contributed by atoms with Gasteiger partial charge in [-0.05, 0) is 43.2 Å². The first-order chi connectivity index (χ1) is 13.7. The van der Waals surface area contributed by atoms with Crippen LogP contribution in [-0.2, 0) is 0 Å². The van der Waals surface area contributed by atoms with Gasteiger partial charge in [-0.15, -0.1) is 0 Å². The van der Waals surface area contributed by atoms with Crippen molar-refractivity contribution in [3.8, 4) is 17.2 Å². The molecule has 0 bridgehead atoms. The van der Waals surface area contributed by atoms with Gasteiger partial charge in [0.05, 0.1) is 18.4 Å². The number of aliphatic hydroxyl groups excluding tert-OH is 1. The van der Waals surface area contributed by atoms with E-state index in [4.69, 9.17) is 14.2 Å². The number of hydrogen-bond acceptors (Lipinski definition) is 5. The summed E-state index contributed by atoms with van der Waals surface area (Å²) in [6, 6.07) is 12.8. The Hall–Kier alpha value is -2.93. The van der Waals surface area contributed by atoms with Crippen LogP contribution in [0.1, 0.15) is 24.8 Å². The lowest BCUT2D eigenvalue weighted by Crippen LogP contribution is -2.47. The maximum atomic E-state index is 12.7. The van der Waals surface area contributed by atoms with Crippen LogP contribution >= 0.6 is 0 Å². The summed E-state index contributed by atoms with van der Waals surface area (Å²) in [5.74, 6) is 2.02. The van der Waals surface area contributed by atoms with Gasteiger partial charge in [0.2, 0.25) is 6.79 Å². The standard InChI is InChI=1S/C21H24N2O5/c1-2-26-18-6-4-3-5-16(18)22-21(25)23-10-9-15(17(24)12-23)14-7-8-19-20(11-14)28-13-27-19/h3-8,11,15,17,24H,2,9-10,12-13H2,1H3,(H,22,25)/t15-,17+/m0/s1. The summed E-state index contributed by atoms with van der Waals surface area (Å²) in [5.41, 5.74) is 1.63. The normalized spacial score (nSPS) is 20.7. The van der Waals surface area contributed by atoms with Crippen LogP contribution in [0.4, 0.5) is 10.5 Å². The smallest absolute Gasteiger partial charge is 0.322 e. The summed E-state index contributed by atoms with van der Waals surface area (Å²) in [6.45, 7) is 3.46. The number of nitrogens with zero attached hydrogens (tertiary/aromatic N) is 1. The summed E-state index contributed by atoms with van der Waals surface area (Å²) in [7, 11) is 0. The Morgan fingerprint density at radius 3 is 2.89 bits per heavy atom. The van der Waals surface area contributed by atoms with Gasteiger partial charge in [-0.2, -0.15) is 0 Å². The van der Waals surface area contributed by atoms with Gasteiger partial charge in [-0.3, -0.25) is 0 Å². The molecule has 4 rings (SSSR count). The fourth-order valence-corrected chi connectivity index (χ4v) is 3.69. The molecule has 0 spiro atoms. The highest BCUT2D eigenvalue weighted by atomic mass is 16.7. The summed E-state index contributed by atoms with van der Waals surface area (Å²) < 4.78 is 16.3. The van der Waals surface area contributed by atoms with Crippen molar-refractivity contribution in [1.82, 2.24) is 4.90 Å². The van der Waals surface area contributed by atoms with Crippen molar-refractivity contribution in [2.24, 2.45) is 0 Å². The zero-order valence-corrected chi connectivity index (χ0v) is 15.8. The van der Waals surface area contributed by atoms with Crippen LogP contribution in [0, 0.1) is 0 Å². The Labute approximate surface area is 163 Å². The molecule has 0 aliphatic carbocycles. The second-order valence-electron chi connectivity index (χ2n) is 6.88. The third kappa shape index (κ3) is 3.71. The predicted molar refractivity (Wildman–Crippen MR) is 104 cm³/mol. The number of fused-ring (bicyclic) bond motifs is 1. The molecule has 2 atom stereocenters. The van der Waals surface area contributed by atoms with Crippen molar-refractivity contribution in [3.05, 3.63) is 48.0 Å². The lowest BCUT2D eigenvalue weighted by atomic mass is 9.87. The molecule has 2 heterocycles. The minimum absolute atomic E-state index is 0.0470. The molecule has 28 heavy (non-hydrogen) atoms. The Balaban J connectivity index is 1.40. The minimum atomic E-state index is -0.651. The van der Waals surface area contributed by atoms with Gasteiger partial charge in [0, 0.05) is 19.0 Å². The van der Waals surface area contributed by atoms with E-state index in [2.05, 4.69) is 5.32 Å². The molecule has 1 fully saturated rings. The first-order valence-corrected chi connectivity index (χ1v) is 9.51. The molecule has 0 saturated carbocycles. The van der Waals surface area contributed by atoms with Gasteiger partial charge in [0.15, 0.2) is 11.5 Å². The van der Waals surface area contributed by atoms with Gasteiger partial charge in [-0.25, -0.2) is 4.79 Å². The van der Waals surface area contributed by atoms with Crippen LogP contribution in [0.2, 0.25) is 0 Å². The highest BCUT2D eigenvalue weighted by molar-refractivity contribution is 5.91. The zero-order chi connectivity index (χ0) is 19.5. The van der Waals surface area contributed by atoms with Gasteiger partial charge in [0.25, 0.3) is 0 Å². The van der Waals surface area contributed by atoms with E-state index < -0.39 is 6.10 Å². The molecular weight excluding hydrogens is 360 g/mol. The Kier molecular flexibility index (Phi) is 5.25. The van der Waals surface area contributed by atoms with Crippen LogP contribution in [-0.4, -0.2) is 48.6 Å². The van der Waals surface area contributed by atoms with E-state index in [9.17, 15) is 9.90 Å². The van der Waals surface area contributed by atoms with Crippen LogP contribution < -0.4 is 19.5 Å². The number of para-hydroxylation sites is 2. The molecule has 2 amide bonds. The van der Waals surface area contributed by atoms with Crippen LogP contribution in [0.15, 0.2) is 42.5 Å². The van der Waals surface area contributed by atoms with Crippen molar-refractivity contribution >= 4 is 11.7 Å². The van der Waals surface area contributed by atoms with Gasteiger partial charge >= 0.3 is 6.03 Å². The predicted octanol–water partition coefficient (Wildman–Crippen LogP) is 3.20. The molecule has 0 radical (unpaired) electrons. The van der Waals surface area contributed by atoms with Crippen molar-refractivity contribution in [3.63, 3.8) is 0 Å². The Morgan fingerprint density at radius 2 is 2.07 bits per heavy atom. The summed E-state index contributed by atoms with van der Waals surface area (Å²) in [6.07, 6.45) is 0.0171. The average Bonchev–Trinajstić information content (AvgIpc) is 3.17. The van der Waals surface area contributed by atoms with E-state index in [1.54, 1.807) is 11.0 Å². The van der Waals surface area contributed by atoms with Crippen molar-refractivity contribution in [1.29, 1.82) is 0 Å². The average molecular weight is 384 g/mol. The van der Waals surface area contributed by atoms with Crippen molar-refractivity contribution < 1.29 is 24.1 Å². The number of β-amino-alcohol motifs (C(OH)–C–C–N with tert-alkyl or cyclic N) is 1. The molecule has 7 nitrogen and oxygen atoms in total. The fraction of sp³-hybridized carbons (Fsp3) is 0.381. The molecule has 2 aromatic carbocycles. The number of nitrogens with one attached hydrogen (secondary N) is 1. The number of carbonyl (C=O) groups excluding carboxylic acids is 1. The second kappa shape index (κ2) is 7.98. The number of ether oxygens (including phenoxy) is 3. The third-order valence-corrected chi connectivity index (χ3v) is 5.12. The monoisotopic (exact) mass is 384 g/mol. The first kappa shape index (κ1) is 18.4. The first-order valence-electron chi connectivity index (χ1n) is 9.51. The molecule has 2 N–H and O–H groups in total. The highest BCUT2D eigenvalue weighted by Crippen LogP contribution is 2.37. The van der Waals surface area contributed by atoms with Gasteiger partial charge < -0.3 is 29.5 Å². The maximum Gasteiger partial charge on any atom is 0.322 e. The summed E-state index contributed by atoms with van der Waals surface area (Å²) >= 11 is 0. The molecule has 1 saturated heterocycles. The van der Waals surface area contributed by atoms with Crippen molar-refractivity contribution in [2.45, 2.75) is 25.4 Å². The molecule has 2 aliphatic heterocycles. The minimum Gasteiger partial charge on any atom is -0.492 e. The number of likely N-dealkylation sites (tertiary alicyclic amines) is 1. The van der Waals surface area contributed by atoms with Crippen LogP contribution in [0.5, 0.6) is 17.2 Å². The quantitative estimate of drug-likeness (QED) is 0.846. The number of carbonyl (C=O) groups is 1. The summed E-state index contributed by atoms with van der Waals surface area (Å²) in [4.78, 5) is 14.3.